The van der Waals surface area contributed by atoms with Crippen LogP contribution in [0.25, 0.3) is 10.8 Å². The van der Waals surface area contributed by atoms with E-state index < -0.39 is 5.97 Å². The summed E-state index contributed by atoms with van der Waals surface area (Å²) in [6.07, 6.45) is 0. The van der Waals surface area contributed by atoms with E-state index in [2.05, 4.69) is 0 Å². The van der Waals surface area contributed by atoms with Gasteiger partial charge in [0.25, 0.3) is 0 Å². The number of phenolic OH excluding ortho intramolecular Hbond substituents is 2. The molecule has 0 aliphatic rings. The van der Waals surface area contributed by atoms with Gasteiger partial charge in [-0.25, -0.2) is 4.79 Å². The van der Waals surface area contributed by atoms with Crippen LogP contribution in [0.4, 0.5) is 0 Å². The highest BCUT2D eigenvalue weighted by Gasteiger charge is 2.11. The zero-order valence-corrected chi connectivity index (χ0v) is 7.64. The molecule has 0 spiro atoms. The number of aromatic carboxylic acids is 1. The van der Waals surface area contributed by atoms with Crippen molar-refractivity contribution in [3.8, 4) is 11.5 Å². The lowest BCUT2D eigenvalue weighted by molar-refractivity contribution is 0.0699. The number of rotatable bonds is 1. The van der Waals surface area contributed by atoms with Gasteiger partial charge in [-0.3, -0.25) is 0 Å². The SMILES string of the molecule is O=C(O)c1cccc2c(O)cc(O)cc12. The second-order valence-electron chi connectivity index (χ2n) is 3.17. The number of carbonyl (C=O) groups is 1. The van der Waals surface area contributed by atoms with Crippen molar-refractivity contribution in [2.45, 2.75) is 0 Å². The van der Waals surface area contributed by atoms with Gasteiger partial charge in [-0.2, -0.15) is 0 Å². The summed E-state index contributed by atoms with van der Waals surface area (Å²) in [4.78, 5) is 10.9. The van der Waals surface area contributed by atoms with Crippen molar-refractivity contribution in [2.75, 3.05) is 0 Å². The lowest BCUT2D eigenvalue weighted by Gasteiger charge is -2.04. The van der Waals surface area contributed by atoms with E-state index in [1.54, 1.807) is 12.1 Å². The molecule has 0 radical (unpaired) electrons. The molecule has 0 heterocycles. The molecule has 4 nitrogen and oxygen atoms in total. The third-order valence-electron chi connectivity index (χ3n) is 2.19. The van der Waals surface area contributed by atoms with Crippen LogP contribution in [0.15, 0.2) is 30.3 Å². The van der Waals surface area contributed by atoms with Crippen molar-refractivity contribution in [2.24, 2.45) is 0 Å². The molecule has 0 aliphatic heterocycles. The quantitative estimate of drug-likeness (QED) is 0.663. The van der Waals surface area contributed by atoms with E-state index in [0.29, 0.717) is 10.8 Å². The van der Waals surface area contributed by atoms with Gasteiger partial charge in [0, 0.05) is 16.8 Å². The van der Waals surface area contributed by atoms with Gasteiger partial charge in [0.1, 0.15) is 11.5 Å². The molecule has 2 aromatic carbocycles. The predicted octanol–water partition coefficient (Wildman–Crippen LogP) is 1.95. The zero-order valence-electron chi connectivity index (χ0n) is 7.64. The monoisotopic (exact) mass is 204 g/mol. The van der Waals surface area contributed by atoms with Gasteiger partial charge >= 0.3 is 5.97 Å². The van der Waals surface area contributed by atoms with Gasteiger partial charge in [-0.05, 0) is 12.1 Å². The number of carboxylic acids is 1. The maximum atomic E-state index is 10.9. The van der Waals surface area contributed by atoms with Crippen LogP contribution >= 0.6 is 0 Å². The Balaban J connectivity index is 2.91. The average Bonchev–Trinajstić information content (AvgIpc) is 2.16. The molecule has 0 fully saturated rings. The van der Waals surface area contributed by atoms with Crippen molar-refractivity contribution in [3.63, 3.8) is 0 Å². The smallest absolute Gasteiger partial charge is 0.336 e. The highest BCUT2D eigenvalue weighted by Crippen LogP contribution is 2.31. The van der Waals surface area contributed by atoms with E-state index >= 15 is 0 Å². The second kappa shape index (κ2) is 3.16. The number of phenols is 2. The van der Waals surface area contributed by atoms with Gasteiger partial charge in [0.05, 0.1) is 5.56 Å². The number of benzene rings is 2. The molecule has 76 valence electrons. The topological polar surface area (TPSA) is 77.8 Å². The molecule has 0 aliphatic carbocycles. The number of carboxylic acid groups (broad SMARTS) is 1. The fourth-order valence-corrected chi connectivity index (χ4v) is 1.54. The fraction of sp³-hybridized carbons (Fsp3) is 0. The number of fused-ring (bicyclic) bond motifs is 1. The van der Waals surface area contributed by atoms with Crippen LogP contribution in [-0.4, -0.2) is 21.3 Å². The normalized spacial score (nSPS) is 10.4. The van der Waals surface area contributed by atoms with Crippen molar-refractivity contribution in [1.82, 2.24) is 0 Å². The molecule has 0 saturated carbocycles. The molecule has 3 N–H and O–H groups in total. The predicted molar refractivity (Wildman–Crippen MR) is 54.2 cm³/mol. The van der Waals surface area contributed by atoms with E-state index in [9.17, 15) is 15.0 Å². The minimum atomic E-state index is -1.09. The lowest BCUT2D eigenvalue weighted by Crippen LogP contribution is -1.96. The first-order valence-corrected chi connectivity index (χ1v) is 4.27. The van der Waals surface area contributed by atoms with Crippen LogP contribution in [0, 0.1) is 0 Å². The first-order chi connectivity index (χ1) is 7.09. The minimum Gasteiger partial charge on any atom is -0.508 e. The Morgan fingerprint density at radius 3 is 2.47 bits per heavy atom. The van der Waals surface area contributed by atoms with Crippen molar-refractivity contribution in [3.05, 3.63) is 35.9 Å². The standard InChI is InChI=1S/C11H8O4/c12-6-4-9-7(10(13)5-6)2-1-3-8(9)11(14)15/h1-5,12-13H,(H,14,15). The Bertz CT molecular complexity index is 546. The molecule has 0 aromatic heterocycles. The van der Waals surface area contributed by atoms with E-state index in [4.69, 9.17) is 5.11 Å². The number of aromatic hydroxyl groups is 2. The van der Waals surface area contributed by atoms with Crippen LogP contribution in [-0.2, 0) is 0 Å². The van der Waals surface area contributed by atoms with Crippen molar-refractivity contribution in [1.29, 1.82) is 0 Å². The largest absolute Gasteiger partial charge is 0.508 e. The van der Waals surface area contributed by atoms with Crippen LogP contribution in [0.5, 0.6) is 11.5 Å². The summed E-state index contributed by atoms with van der Waals surface area (Å²) in [5.41, 5.74) is 0.0544. The van der Waals surface area contributed by atoms with Crippen LogP contribution in [0.1, 0.15) is 10.4 Å². The average molecular weight is 204 g/mol. The Labute approximate surface area is 85.0 Å². The first kappa shape index (κ1) is 9.33. The third-order valence-corrected chi connectivity index (χ3v) is 2.19. The summed E-state index contributed by atoms with van der Waals surface area (Å²) in [5, 5.41) is 28.4. The Morgan fingerprint density at radius 2 is 1.80 bits per heavy atom. The summed E-state index contributed by atoms with van der Waals surface area (Å²) >= 11 is 0. The Morgan fingerprint density at radius 1 is 1.07 bits per heavy atom. The van der Waals surface area contributed by atoms with Gasteiger partial charge in [0.2, 0.25) is 0 Å². The Hall–Kier alpha value is -2.23. The zero-order chi connectivity index (χ0) is 11.0. The summed E-state index contributed by atoms with van der Waals surface area (Å²) < 4.78 is 0. The van der Waals surface area contributed by atoms with Gasteiger partial charge in [0.15, 0.2) is 0 Å². The fourth-order valence-electron chi connectivity index (χ4n) is 1.54. The molecule has 0 saturated heterocycles. The van der Waals surface area contributed by atoms with Crippen LogP contribution < -0.4 is 0 Å². The van der Waals surface area contributed by atoms with E-state index in [1.165, 1.54) is 18.2 Å². The van der Waals surface area contributed by atoms with E-state index in [1.807, 2.05) is 0 Å². The van der Waals surface area contributed by atoms with E-state index in [0.717, 1.165) is 0 Å². The van der Waals surface area contributed by atoms with Crippen molar-refractivity contribution < 1.29 is 20.1 Å². The summed E-state index contributed by atoms with van der Waals surface area (Å²) in [5.74, 6) is -1.38. The van der Waals surface area contributed by atoms with Gasteiger partial charge in [-0.15, -0.1) is 0 Å². The maximum absolute atomic E-state index is 10.9. The number of hydrogen-bond acceptors (Lipinski definition) is 3. The van der Waals surface area contributed by atoms with Crippen LogP contribution in [0.2, 0.25) is 0 Å². The number of hydrogen-bond donors (Lipinski definition) is 3. The molecular formula is C11H8O4. The first-order valence-electron chi connectivity index (χ1n) is 4.27. The molecule has 2 aromatic rings. The second-order valence-corrected chi connectivity index (χ2v) is 3.17. The maximum Gasteiger partial charge on any atom is 0.336 e. The molecule has 0 unspecified atom stereocenters. The third kappa shape index (κ3) is 1.46. The molecule has 15 heavy (non-hydrogen) atoms. The van der Waals surface area contributed by atoms with Gasteiger partial charge < -0.3 is 15.3 Å². The minimum absolute atomic E-state index is 0.0544. The van der Waals surface area contributed by atoms with Crippen LogP contribution in [0.3, 0.4) is 0 Å². The van der Waals surface area contributed by atoms with Crippen molar-refractivity contribution >= 4 is 16.7 Å². The summed E-state index contributed by atoms with van der Waals surface area (Å²) in [7, 11) is 0. The van der Waals surface area contributed by atoms with E-state index in [-0.39, 0.29) is 17.1 Å². The molecule has 0 atom stereocenters. The molecule has 0 amide bonds. The molecule has 0 bridgehead atoms. The summed E-state index contributed by atoms with van der Waals surface area (Å²) in [6.45, 7) is 0. The highest BCUT2D eigenvalue weighted by molar-refractivity contribution is 6.05. The Kier molecular flexibility index (Phi) is 1.97. The molecule has 4 heteroatoms. The molecular weight excluding hydrogens is 196 g/mol. The van der Waals surface area contributed by atoms with Gasteiger partial charge in [-0.1, -0.05) is 12.1 Å². The highest BCUT2D eigenvalue weighted by atomic mass is 16.4. The molecule has 2 rings (SSSR count). The lowest BCUT2D eigenvalue weighted by atomic mass is 10.0. The summed E-state index contributed by atoms with van der Waals surface area (Å²) in [6, 6.07) is 7.05.